The van der Waals surface area contributed by atoms with E-state index in [1.54, 1.807) is 24.4 Å². The predicted octanol–water partition coefficient (Wildman–Crippen LogP) is 4.40. The number of nitrogens with one attached hydrogen (secondary N) is 1. The number of hydrogen-bond acceptors (Lipinski definition) is 2. The largest absolute Gasteiger partial charge is 0.307 e. The Kier molecular flexibility index (Phi) is 4.29. The average Bonchev–Trinajstić information content (AvgIpc) is 2.62. The van der Waals surface area contributed by atoms with Crippen LogP contribution in [0.25, 0.3) is 5.57 Å². The molecule has 0 spiro atoms. The fourth-order valence-electron chi connectivity index (χ4n) is 2.36. The number of anilines is 1. The van der Waals surface area contributed by atoms with Gasteiger partial charge in [0.05, 0.1) is 0 Å². The molecule has 1 aromatic heterocycles. The summed E-state index contributed by atoms with van der Waals surface area (Å²) in [7, 11) is 0. The summed E-state index contributed by atoms with van der Waals surface area (Å²) in [5, 5.41) is 2.81. The highest BCUT2D eigenvalue weighted by Gasteiger charge is 2.14. The lowest BCUT2D eigenvalue weighted by molar-refractivity contribution is 0.102. The molecule has 0 saturated carbocycles. The van der Waals surface area contributed by atoms with E-state index < -0.39 is 0 Å². The Morgan fingerprint density at radius 3 is 2.17 bits per heavy atom. The summed E-state index contributed by atoms with van der Waals surface area (Å²) >= 11 is 0. The standard InChI is InChI=1S/C20H16N2O/c1-15(16-9-3-2-4-10-16)17-11-5-6-12-18(17)20(23)22-19-13-7-8-14-21-19/h2-14H,1H2,(H,21,22,23). The van der Waals surface area contributed by atoms with Crippen LogP contribution in [0.4, 0.5) is 5.82 Å². The zero-order chi connectivity index (χ0) is 16.1. The van der Waals surface area contributed by atoms with Crippen molar-refractivity contribution >= 4 is 17.3 Å². The molecule has 0 aliphatic rings. The quantitative estimate of drug-likeness (QED) is 0.776. The van der Waals surface area contributed by atoms with Gasteiger partial charge in [0.2, 0.25) is 0 Å². The minimum absolute atomic E-state index is 0.198. The Hall–Kier alpha value is -3.20. The predicted molar refractivity (Wildman–Crippen MR) is 93.2 cm³/mol. The molecule has 0 aliphatic carbocycles. The summed E-state index contributed by atoms with van der Waals surface area (Å²) in [6, 6.07) is 22.7. The minimum Gasteiger partial charge on any atom is -0.307 e. The van der Waals surface area contributed by atoms with E-state index in [1.165, 1.54) is 0 Å². The van der Waals surface area contributed by atoms with Gasteiger partial charge in [-0.1, -0.05) is 61.2 Å². The number of hydrogen-bond donors (Lipinski definition) is 1. The van der Waals surface area contributed by atoms with Crippen LogP contribution in [0.2, 0.25) is 0 Å². The molecule has 1 amide bonds. The number of nitrogens with zero attached hydrogens (tertiary/aromatic N) is 1. The Labute approximate surface area is 135 Å². The monoisotopic (exact) mass is 300 g/mol. The van der Waals surface area contributed by atoms with Crippen molar-refractivity contribution in [1.29, 1.82) is 0 Å². The first-order valence-electron chi connectivity index (χ1n) is 7.32. The Morgan fingerprint density at radius 1 is 0.826 bits per heavy atom. The molecule has 3 aromatic rings. The summed E-state index contributed by atoms with van der Waals surface area (Å²) in [5.74, 6) is 0.328. The number of pyridine rings is 1. The fraction of sp³-hybridized carbons (Fsp3) is 0. The summed E-state index contributed by atoms with van der Waals surface area (Å²) in [4.78, 5) is 16.7. The molecule has 0 aliphatic heterocycles. The van der Waals surface area contributed by atoms with Gasteiger partial charge in [0, 0.05) is 11.8 Å². The van der Waals surface area contributed by atoms with Crippen LogP contribution in [0.3, 0.4) is 0 Å². The number of carbonyl (C=O) groups is 1. The molecule has 3 heteroatoms. The Bertz CT molecular complexity index is 827. The number of carbonyl (C=O) groups excluding carboxylic acids is 1. The maximum atomic E-state index is 12.6. The highest BCUT2D eigenvalue weighted by Crippen LogP contribution is 2.25. The molecular weight excluding hydrogens is 284 g/mol. The van der Waals surface area contributed by atoms with Crippen molar-refractivity contribution in [3.63, 3.8) is 0 Å². The van der Waals surface area contributed by atoms with E-state index in [-0.39, 0.29) is 5.91 Å². The van der Waals surface area contributed by atoms with E-state index in [2.05, 4.69) is 16.9 Å². The van der Waals surface area contributed by atoms with Gasteiger partial charge in [0.25, 0.3) is 5.91 Å². The second-order valence-electron chi connectivity index (χ2n) is 5.06. The van der Waals surface area contributed by atoms with E-state index in [4.69, 9.17) is 0 Å². The lowest BCUT2D eigenvalue weighted by Crippen LogP contribution is -2.14. The van der Waals surface area contributed by atoms with E-state index >= 15 is 0 Å². The van der Waals surface area contributed by atoms with Crippen LogP contribution >= 0.6 is 0 Å². The number of aromatic nitrogens is 1. The number of rotatable bonds is 4. The molecular formula is C20H16N2O. The van der Waals surface area contributed by atoms with Crippen LogP contribution in [0.15, 0.2) is 85.6 Å². The molecule has 3 rings (SSSR count). The van der Waals surface area contributed by atoms with Crippen molar-refractivity contribution in [3.8, 4) is 0 Å². The van der Waals surface area contributed by atoms with E-state index in [0.717, 1.165) is 16.7 Å². The summed E-state index contributed by atoms with van der Waals surface area (Å²) in [6.07, 6.45) is 1.64. The van der Waals surface area contributed by atoms with Gasteiger partial charge >= 0.3 is 0 Å². The molecule has 1 N–H and O–H groups in total. The van der Waals surface area contributed by atoms with Gasteiger partial charge in [0.1, 0.15) is 5.82 Å². The van der Waals surface area contributed by atoms with Gasteiger partial charge in [-0.3, -0.25) is 4.79 Å². The average molecular weight is 300 g/mol. The third-order valence-electron chi connectivity index (χ3n) is 3.53. The van der Waals surface area contributed by atoms with Crippen LogP contribution in [-0.4, -0.2) is 10.9 Å². The second kappa shape index (κ2) is 6.71. The molecule has 1 heterocycles. The Balaban J connectivity index is 1.92. The van der Waals surface area contributed by atoms with Crippen LogP contribution in [0.5, 0.6) is 0 Å². The molecule has 0 bridgehead atoms. The van der Waals surface area contributed by atoms with Crippen molar-refractivity contribution in [2.75, 3.05) is 5.32 Å². The number of benzene rings is 2. The van der Waals surface area contributed by atoms with Crippen LogP contribution in [0.1, 0.15) is 21.5 Å². The highest BCUT2D eigenvalue weighted by atomic mass is 16.1. The maximum absolute atomic E-state index is 12.6. The third kappa shape index (κ3) is 3.35. The second-order valence-corrected chi connectivity index (χ2v) is 5.06. The molecule has 3 nitrogen and oxygen atoms in total. The molecule has 23 heavy (non-hydrogen) atoms. The normalized spacial score (nSPS) is 10.1. The zero-order valence-corrected chi connectivity index (χ0v) is 12.6. The Morgan fingerprint density at radius 2 is 1.48 bits per heavy atom. The van der Waals surface area contributed by atoms with Gasteiger partial charge in [-0.25, -0.2) is 4.98 Å². The smallest absolute Gasteiger partial charge is 0.257 e. The SMILES string of the molecule is C=C(c1ccccc1)c1ccccc1C(=O)Nc1ccccn1. The van der Waals surface area contributed by atoms with Crippen molar-refractivity contribution in [1.82, 2.24) is 4.98 Å². The van der Waals surface area contributed by atoms with Gasteiger partial charge < -0.3 is 5.32 Å². The van der Waals surface area contributed by atoms with E-state index in [0.29, 0.717) is 11.4 Å². The van der Waals surface area contributed by atoms with Crippen LogP contribution in [0, 0.1) is 0 Å². The first-order valence-corrected chi connectivity index (χ1v) is 7.32. The van der Waals surface area contributed by atoms with E-state index in [9.17, 15) is 4.79 Å². The maximum Gasteiger partial charge on any atom is 0.257 e. The van der Waals surface area contributed by atoms with Gasteiger partial charge in [-0.2, -0.15) is 0 Å². The molecule has 0 unspecified atom stereocenters. The topological polar surface area (TPSA) is 42.0 Å². The summed E-state index contributed by atoms with van der Waals surface area (Å²) in [6.45, 7) is 4.15. The molecule has 0 saturated heterocycles. The fourth-order valence-corrected chi connectivity index (χ4v) is 2.36. The first kappa shape index (κ1) is 14.7. The zero-order valence-electron chi connectivity index (χ0n) is 12.6. The lowest BCUT2D eigenvalue weighted by atomic mass is 9.95. The van der Waals surface area contributed by atoms with Gasteiger partial charge in [-0.05, 0) is 34.9 Å². The van der Waals surface area contributed by atoms with Crippen molar-refractivity contribution in [2.45, 2.75) is 0 Å². The van der Waals surface area contributed by atoms with Gasteiger partial charge in [-0.15, -0.1) is 0 Å². The van der Waals surface area contributed by atoms with Crippen LogP contribution < -0.4 is 5.32 Å². The number of amides is 1. The third-order valence-corrected chi connectivity index (χ3v) is 3.53. The first-order chi connectivity index (χ1) is 11.3. The lowest BCUT2D eigenvalue weighted by Gasteiger charge is -2.12. The minimum atomic E-state index is -0.198. The summed E-state index contributed by atoms with van der Waals surface area (Å²) < 4.78 is 0. The van der Waals surface area contributed by atoms with Crippen molar-refractivity contribution < 1.29 is 4.79 Å². The molecule has 0 atom stereocenters. The van der Waals surface area contributed by atoms with Gasteiger partial charge in [0.15, 0.2) is 0 Å². The van der Waals surface area contributed by atoms with Crippen molar-refractivity contribution in [2.24, 2.45) is 0 Å². The molecule has 2 aromatic carbocycles. The highest BCUT2D eigenvalue weighted by molar-refractivity contribution is 6.07. The summed E-state index contributed by atoms with van der Waals surface area (Å²) in [5.41, 5.74) is 3.20. The van der Waals surface area contributed by atoms with Crippen molar-refractivity contribution in [3.05, 3.63) is 102 Å². The molecule has 0 fully saturated rings. The van der Waals surface area contributed by atoms with Crippen LogP contribution in [-0.2, 0) is 0 Å². The van der Waals surface area contributed by atoms with E-state index in [1.807, 2.05) is 54.6 Å². The molecule has 0 radical (unpaired) electrons. The molecule has 112 valence electrons.